The van der Waals surface area contributed by atoms with Crippen molar-refractivity contribution in [1.82, 2.24) is 9.80 Å². The molecule has 3 rings (SSSR count). The molecule has 1 spiro atoms. The normalized spacial score (nSPS) is 21.4. The number of ether oxygens (including phenoxy) is 1. The maximum absolute atomic E-state index is 12.8. The van der Waals surface area contributed by atoms with E-state index in [1.165, 1.54) is 11.8 Å². The van der Waals surface area contributed by atoms with Crippen LogP contribution in [0.3, 0.4) is 0 Å². The van der Waals surface area contributed by atoms with Gasteiger partial charge in [-0.3, -0.25) is 9.59 Å². The van der Waals surface area contributed by atoms with Crippen LogP contribution in [-0.4, -0.2) is 65.5 Å². The minimum atomic E-state index is -0.950. The monoisotopic (exact) mass is 374 g/mol. The fraction of sp³-hybridized carbons (Fsp3) is 0.550. The molecule has 2 heterocycles. The van der Waals surface area contributed by atoms with Gasteiger partial charge in [0.05, 0.1) is 7.11 Å². The second-order valence-electron chi connectivity index (χ2n) is 7.68. The lowest BCUT2D eigenvalue weighted by atomic mass is 9.76. The molecule has 2 aliphatic rings. The Kier molecular flexibility index (Phi) is 5.13. The summed E-state index contributed by atoms with van der Waals surface area (Å²) in [5, 5.41) is 9.44. The van der Waals surface area contributed by atoms with Crippen LogP contribution in [0.15, 0.2) is 18.2 Å². The number of rotatable bonds is 3. The first-order chi connectivity index (χ1) is 12.8. The zero-order chi connectivity index (χ0) is 19.8. The number of hydrogen-bond donors (Lipinski definition) is 1. The number of carboxylic acid groups (broad SMARTS) is 1. The van der Waals surface area contributed by atoms with Crippen LogP contribution < -0.4 is 4.74 Å². The summed E-state index contributed by atoms with van der Waals surface area (Å²) in [6, 6.07) is 4.65. The summed E-state index contributed by atoms with van der Waals surface area (Å²) in [6.07, 6.45) is 1.88. The topological polar surface area (TPSA) is 87.2 Å². The summed E-state index contributed by atoms with van der Waals surface area (Å²) >= 11 is 0. The minimum Gasteiger partial charge on any atom is -0.496 e. The van der Waals surface area contributed by atoms with Crippen molar-refractivity contribution in [3.8, 4) is 5.75 Å². The Hall–Kier alpha value is -2.57. The van der Waals surface area contributed by atoms with E-state index in [-0.39, 0.29) is 17.2 Å². The smallest absolute Gasteiger partial charge is 0.326 e. The molecule has 1 aromatic rings. The van der Waals surface area contributed by atoms with Crippen LogP contribution in [0.4, 0.5) is 0 Å². The van der Waals surface area contributed by atoms with Crippen molar-refractivity contribution in [2.45, 2.75) is 39.2 Å². The van der Waals surface area contributed by atoms with Crippen LogP contribution in [0, 0.1) is 12.3 Å². The number of aryl methyl sites for hydroxylation is 1. The van der Waals surface area contributed by atoms with E-state index in [1.54, 1.807) is 19.2 Å². The van der Waals surface area contributed by atoms with Crippen molar-refractivity contribution in [2.24, 2.45) is 5.41 Å². The Morgan fingerprint density at radius 2 is 1.89 bits per heavy atom. The van der Waals surface area contributed by atoms with Crippen molar-refractivity contribution in [3.63, 3.8) is 0 Å². The minimum absolute atomic E-state index is 0.0215. The molecule has 1 N–H and O–H groups in total. The molecular formula is C20H26N2O5. The van der Waals surface area contributed by atoms with Gasteiger partial charge in [-0.25, -0.2) is 4.79 Å². The zero-order valence-electron chi connectivity index (χ0n) is 16.0. The Morgan fingerprint density at radius 1 is 1.22 bits per heavy atom. The number of aliphatic carboxylic acids is 1. The second kappa shape index (κ2) is 7.21. The van der Waals surface area contributed by atoms with E-state index in [0.29, 0.717) is 44.5 Å². The predicted octanol–water partition coefficient (Wildman–Crippen LogP) is 1.93. The molecule has 1 unspecified atom stereocenters. The highest BCUT2D eigenvalue weighted by molar-refractivity contribution is 5.94. The van der Waals surface area contributed by atoms with E-state index in [9.17, 15) is 19.5 Å². The molecule has 7 nitrogen and oxygen atoms in total. The predicted molar refractivity (Wildman–Crippen MR) is 98.7 cm³/mol. The van der Waals surface area contributed by atoms with Gasteiger partial charge in [0.2, 0.25) is 5.91 Å². The Morgan fingerprint density at radius 3 is 2.37 bits per heavy atom. The number of likely N-dealkylation sites (tertiary alicyclic amines) is 2. The van der Waals surface area contributed by atoms with E-state index in [2.05, 4.69) is 0 Å². The molecule has 0 aliphatic carbocycles. The highest BCUT2D eigenvalue weighted by atomic mass is 16.5. The van der Waals surface area contributed by atoms with Gasteiger partial charge in [0, 0.05) is 32.1 Å². The van der Waals surface area contributed by atoms with Crippen LogP contribution in [-0.2, 0) is 9.59 Å². The molecule has 0 saturated carbocycles. The molecule has 7 heteroatoms. The van der Waals surface area contributed by atoms with Gasteiger partial charge in [0.15, 0.2) is 0 Å². The maximum Gasteiger partial charge on any atom is 0.326 e. The summed E-state index contributed by atoms with van der Waals surface area (Å²) in [6.45, 7) is 4.92. The van der Waals surface area contributed by atoms with Crippen molar-refractivity contribution >= 4 is 17.8 Å². The fourth-order valence-corrected chi connectivity index (χ4v) is 4.35. The second-order valence-corrected chi connectivity index (χ2v) is 7.68. The van der Waals surface area contributed by atoms with E-state index in [0.717, 1.165) is 11.3 Å². The third kappa shape index (κ3) is 3.63. The Labute approximate surface area is 158 Å². The van der Waals surface area contributed by atoms with Gasteiger partial charge in [-0.1, -0.05) is 0 Å². The molecule has 27 heavy (non-hydrogen) atoms. The van der Waals surface area contributed by atoms with Crippen molar-refractivity contribution < 1.29 is 24.2 Å². The number of hydrogen-bond acceptors (Lipinski definition) is 4. The molecular weight excluding hydrogens is 348 g/mol. The summed E-state index contributed by atoms with van der Waals surface area (Å²) in [5.41, 5.74) is 1.33. The third-order valence-electron chi connectivity index (χ3n) is 5.95. The Bertz CT molecular complexity index is 744. The van der Waals surface area contributed by atoms with Gasteiger partial charge < -0.3 is 19.6 Å². The molecule has 1 aromatic carbocycles. The maximum atomic E-state index is 12.8. The number of carboxylic acids is 1. The summed E-state index contributed by atoms with van der Waals surface area (Å²) in [4.78, 5) is 39.4. The number of nitrogens with zero attached hydrogens (tertiary/aromatic N) is 2. The zero-order valence-corrected chi connectivity index (χ0v) is 16.0. The molecule has 2 aliphatic heterocycles. The van der Waals surface area contributed by atoms with Crippen LogP contribution in [0.1, 0.15) is 42.1 Å². The number of benzene rings is 1. The first-order valence-electron chi connectivity index (χ1n) is 9.20. The van der Waals surface area contributed by atoms with E-state index in [4.69, 9.17) is 4.74 Å². The summed E-state index contributed by atoms with van der Waals surface area (Å²) in [7, 11) is 1.60. The van der Waals surface area contributed by atoms with Gasteiger partial charge in [-0.05, 0) is 55.4 Å². The molecule has 2 fully saturated rings. The highest BCUT2D eigenvalue weighted by Crippen LogP contribution is 2.43. The lowest BCUT2D eigenvalue weighted by molar-refractivity contribution is -0.147. The van der Waals surface area contributed by atoms with Crippen molar-refractivity contribution in [3.05, 3.63) is 29.3 Å². The number of amides is 2. The summed E-state index contributed by atoms with van der Waals surface area (Å²) in [5.74, 6) is -0.424. The average Bonchev–Trinajstić information content (AvgIpc) is 3.02. The SMILES string of the molecule is COc1ccc(C(=O)N2CCC3(CC2)CC(C(=O)O)N(C(C)=O)C3)cc1C. The van der Waals surface area contributed by atoms with E-state index < -0.39 is 12.0 Å². The van der Waals surface area contributed by atoms with Gasteiger partial charge in [-0.2, -0.15) is 0 Å². The lowest BCUT2D eigenvalue weighted by Crippen LogP contribution is -2.44. The van der Waals surface area contributed by atoms with Gasteiger partial charge in [-0.15, -0.1) is 0 Å². The Balaban J connectivity index is 1.68. The lowest BCUT2D eigenvalue weighted by Gasteiger charge is -2.39. The van der Waals surface area contributed by atoms with Gasteiger partial charge >= 0.3 is 5.97 Å². The van der Waals surface area contributed by atoms with E-state index >= 15 is 0 Å². The highest BCUT2D eigenvalue weighted by Gasteiger charge is 2.49. The largest absolute Gasteiger partial charge is 0.496 e. The quantitative estimate of drug-likeness (QED) is 0.874. The first-order valence-corrected chi connectivity index (χ1v) is 9.20. The standard InChI is InChI=1S/C20H26N2O5/c1-13-10-15(4-5-17(13)27-3)18(24)21-8-6-20(7-9-21)11-16(19(25)26)22(12-20)14(2)23/h4-5,10,16H,6-9,11-12H2,1-3H3,(H,25,26). The number of carbonyl (C=O) groups excluding carboxylic acids is 2. The molecule has 2 amide bonds. The van der Waals surface area contributed by atoms with Crippen LogP contribution in [0.25, 0.3) is 0 Å². The number of methoxy groups -OCH3 is 1. The van der Waals surface area contributed by atoms with Crippen molar-refractivity contribution in [1.29, 1.82) is 0 Å². The molecule has 0 radical (unpaired) electrons. The van der Waals surface area contributed by atoms with Crippen LogP contribution >= 0.6 is 0 Å². The number of piperidine rings is 1. The molecule has 1 atom stereocenters. The van der Waals surface area contributed by atoms with Crippen LogP contribution in [0.5, 0.6) is 5.75 Å². The van der Waals surface area contributed by atoms with Gasteiger partial charge in [0.1, 0.15) is 11.8 Å². The van der Waals surface area contributed by atoms with Crippen LogP contribution in [0.2, 0.25) is 0 Å². The molecule has 2 saturated heterocycles. The molecule has 146 valence electrons. The summed E-state index contributed by atoms with van der Waals surface area (Å²) < 4.78 is 5.24. The average molecular weight is 374 g/mol. The fourth-order valence-electron chi connectivity index (χ4n) is 4.35. The first kappa shape index (κ1) is 19.2. The van der Waals surface area contributed by atoms with E-state index in [1.807, 2.05) is 17.9 Å². The molecule has 0 aromatic heterocycles. The number of carbonyl (C=O) groups is 3. The molecule has 0 bridgehead atoms. The third-order valence-corrected chi connectivity index (χ3v) is 5.95. The van der Waals surface area contributed by atoms with Gasteiger partial charge in [0.25, 0.3) is 5.91 Å². The van der Waals surface area contributed by atoms with Crippen molar-refractivity contribution in [2.75, 3.05) is 26.7 Å².